The zero-order valence-corrected chi connectivity index (χ0v) is 11.4. The number of benzene rings is 2. The Hall–Kier alpha value is -1.45. The molecule has 100 valence electrons. The number of nitrogens with one attached hydrogen (secondary N) is 1. The first-order valence-electron chi connectivity index (χ1n) is 5.91. The highest BCUT2D eigenvalue weighted by Gasteiger charge is 2.19. The molecule has 2 aromatic rings. The van der Waals surface area contributed by atoms with Crippen LogP contribution in [-0.2, 0) is 0 Å². The molecule has 0 aliphatic rings. The third-order valence-corrected chi connectivity index (χ3v) is 3.35. The first kappa shape index (κ1) is 14.0. The van der Waals surface area contributed by atoms with Crippen molar-refractivity contribution in [1.29, 1.82) is 0 Å². The summed E-state index contributed by atoms with van der Waals surface area (Å²) >= 11 is 5.98. The summed E-state index contributed by atoms with van der Waals surface area (Å²) in [6, 6.07) is 8.41. The molecule has 0 radical (unpaired) electrons. The summed E-state index contributed by atoms with van der Waals surface area (Å²) in [4.78, 5) is 0. The number of aryl methyl sites for hydroxylation is 1. The number of rotatable bonds is 3. The summed E-state index contributed by atoms with van der Waals surface area (Å²) in [5.41, 5.74) is 2.07. The normalized spacial score (nSPS) is 12.5. The van der Waals surface area contributed by atoms with E-state index >= 15 is 0 Å². The van der Waals surface area contributed by atoms with Crippen LogP contribution in [-0.4, -0.2) is 7.05 Å². The fraction of sp³-hybridized carbons (Fsp3) is 0.200. The van der Waals surface area contributed by atoms with Crippen LogP contribution in [0.2, 0.25) is 5.02 Å². The van der Waals surface area contributed by atoms with Gasteiger partial charge in [0.2, 0.25) is 0 Å². The SMILES string of the molecule is CNC(c1cc(Cl)ccc1C)c1cc(F)ccc1F. The Labute approximate surface area is 116 Å². The fourth-order valence-electron chi connectivity index (χ4n) is 2.14. The van der Waals surface area contributed by atoms with Gasteiger partial charge in [0.05, 0.1) is 6.04 Å². The predicted octanol–water partition coefficient (Wildman–Crippen LogP) is 4.24. The third kappa shape index (κ3) is 2.94. The Kier molecular flexibility index (Phi) is 4.17. The molecule has 1 nitrogen and oxygen atoms in total. The molecule has 0 saturated heterocycles. The highest BCUT2D eigenvalue weighted by molar-refractivity contribution is 6.30. The van der Waals surface area contributed by atoms with Crippen LogP contribution in [0.1, 0.15) is 22.7 Å². The van der Waals surface area contributed by atoms with E-state index in [9.17, 15) is 8.78 Å². The summed E-state index contributed by atoms with van der Waals surface area (Å²) in [5.74, 6) is -0.906. The number of halogens is 3. The summed E-state index contributed by atoms with van der Waals surface area (Å²) < 4.78 is 27.2. The molecule has 1 N–H and O–H groups in total. The van der Waals surface area contributed by atoms with Crippen molar-refractivity contribution in [3.05, 3.63) is 69.7 Å². The molecule has 1 atom stereocenters. The molecule has 0 bridgehead atoms. The van der Waals surface area contributed by atoms with Crippen LogP contribution in [0.25, 0.3) is 0 Å². The molecule has 0 saturated carbocycles. The van der Waals surface area contributed by atoms with Crippen molar-refractivity contribution in [2.45, 2.75) is 13.0 Å². The van der Waals surface area contributed by atoms with Gasteiger partial charge in [0.25, 0.3) is 0 Å². The minimum Gasteiger partial charge on any atom is -0.309 e. The lowest BCUT2D eigenvalue weighted by atomic mass is 9.94. The summed E-state index contributed by atoms with van der Waals surface area (Å²) in [6.07, 6.45) is 0. The van der Waals surface area contributed by atoms with Gasteiger partial charge in [-0.05, 0) is 55.4 Å². The molecule has 0 aliphatic carbocycles. The Morgan fingerprint density at radius 3 is 2.47 bits per heavy atom. The highest BCUT2D eigenvalue weighted by Crippen LogP contribution is 2.29. The van der Waals surface area contributed by atoms with Gasteiger partial charge in [-0.3, -0.25) is 0 Å². The molecule has 0 spiro atoms. The van der Waals surface area contributed by atoms with Gasteiger partial charge in [0, 0.05) is 10.6 Å². The maximum absolute atomic E-state index is 13.9. The van der Waals surface area contributed by atoms with Gasteiger partial charge < -0.3 is 5.32 Å². The van der Waals surface area contributed by atoms with Crippen LogP contribution in [0.4, 0.5) is 8.78 Å². The van der Waals surface area contributed by atoms with Crippen molar-refractivity contribution < 1.29 is 8.78 Å². The molecule has 0 aliphatic heterocycles. The molecule has 0 fully saturated rings. The van der Waals surface area contributed by atoms with E-state index in [1.807, 2.05) is 13.0 Å². The first-order chi connectivity index (χ1) is 9.02. The second kappa shape index (κ2) is 5.68. The minimum absolute atomic E-state index is 0.271. The Bertz CT molecular complexity index is 547. The molecule has 2 rings (SSSR count). The van der Waals surface area contributed by atoms with Crippen molar-refractivity contribution in [1.82, 2.24) is 5.32 Å². The van der Waals surface area contributed by atoms with Gasteiger partial charge in [-0.15, -0.1) is 0 Å². The molecular formula is C15H14ClF2N. The van der Waals surface area contributed by atoms with E-state index in [4.69, 9.17) is 11.6 Å². The second-order valence-corrected chi connectivity index (χ2v) is 4.82. The molecular weight excluding hydrogens is 268 g/mol. The predicted molar refractivity (Wildman–Crippen MR) is 73.4 cm³/mol. The molecule has 2 aromatic carbocycles. The molecule has 4 heteroatoms. The maximum Gasteiger partial charge on any atom is 0.128 e. The van der Waals surface area contributed by atoms with Gasteiger partial charge in [-0.1, -0.05) is 17.7 Å². The lowest BCUT2D eigenvalue weighted by Gasteiger charge is -2.20. The van der Waals surface area contributed by atoms with Gasteiger partial charge in [0.1, 0.15) is 11.6 Å². The average molecular weight is 282 g/mol. The van der Waals surface area contributed by atoms with Crippen LogP contribution >= 0.6 is 11.6 Å². The number of hydrogen-bond donors (Lipinski definition) is 1. The fourth-order valence-corrected chi connectivity index (χ4v) is 2.32. The van der Waals surface area contributed by atoms with Crippen molar-refractivity contribution in [3.8, 4) is 0 Å². The van der Waals surface area contributed by atoms with E-state index in [-0.39, 0.29) is 5.56 Å². The number of hydrogen-bond acceptors (Lipinski definition) is 1. The van der Waals surface area contributed by atoms with Crippen LogP contribution < -0.4 is 5.32 Å². The summed E-state index contributed by atoms with van der Waals surface area (Å²) in [7, 11) is 1.70. The lowest BCUT2D eigenvalue weighted by molar-refractivity contribution is 0.557. The van der Waals surface area contributed by atoms with Crippen molar-refractivity contribution in [3.63, 3.8) is 0 Å². The maximum atomic E-state index is 13.9. The molecule has 0 aromatic heterocycles. The minimum atomic E-state index is -0.462. The second-order valence-electron chi connectivity index (χ2n) is 4.39. The van der Waals surface area contributed by atoms with E-state index in [1.165, 1.54) is 6.07 Å². The van der Waals surface area contributed by atoms with Crippen molar-refractivity contribution in [2.24, 2.45) is 0 Å². The van der Waals surface area contributed by atoms with Crippen LogP contribution in [0.15, 0.2) is 36.4 Å². The van der Waals surface area contributed by atoms with E-state index < -0.39 is 17.7 Å². The molecule has 1 unspecified atom stereocenters. The van der Waals surface area contributed by atoms with Crippen LogP contribution in [0.3, 0.4) is 0 Å². The molecule has 0 heterocycles. The van der Waals surface area contributed by atoms with Crippen molar-refractivity contribution in [2.75, 3.05) is 7.05 Å². The van der Waals surface area contributed by atoms with Gasteiger partial charge >= 0.3 is 0 Å². The zero-order chi connectivity index (χ0) is 14.0. The van der Waals surface area contributed by atoms with E-state index in [0.29, 0.717) is 5.02 Å². The highest BCUT2D eigenvalue weighted by atomic mass is 35.5. The van der Waals surface area contributed by atoms with Crippen LogP contribution in [0.5, 0.6) is 0 Å². The average Bonchev–Trinajstić information content (AvgIpc) is 2.38. The monoisotopic (exact) mass is 281 g/mol. The largest absolute Gasteiger partial charge is 0.309 e. The Morgan fingerprint density at radius 2 is 1.79 bits per heavy atom. The first-order valence-corrected chi connectivity index (χ1v) is 6.29. The van der Waals surface area contributed by atoms with Gasteiger partial charge in [-0.25, -0.2) is 8.78 Å². The smallest absolute Gasteiger partial charge is 0.128 e. The molecule has 19 heavy (non-hydrogen) atoms. The standard InChI is InChI=1S/C15H14ClF2N/c1-9-3-4-10(16)7-12(9)15(19-2)13-8-11(17)5-6-14(13)18/h3-8,15,19H,1-2H3. The quantitative estimate of drug-likeness (QED) is 0.887. The Balaban J connectivity index is 2.55. The summed E-state index contributed by atoms with van der Waals surface area (Å²) in [6.45, 7) is 1.91. The van der Waals surface area contributed by atoms with Crippen molar-refractivity contribution >= 4 is 11.6 Å². The molecule has 0 amide bonds. The third-order valence-electron chi connectivity index (χ3n) is 3.11. The van der Waals surface area contributed by atoms with Gasteiger partial charge in [-0.2, -0.15) is 0 Å². The van der Waals surface area contributed by atoms with E-state index in [1.54, 1.807) is 19.2 Å². The Morgan fingerprint density at radius 1 is 1.05 bits per heavy atom. The summed E-state index contributed by atoms with van der Waals surface area (Å²) in [5, 5.41) is 3.57. The topological polar surface area (TPSA) is 12.0 Å². The van der Waals surface area contributed by atoms with Crippen LogP contribution in [0, 0.1) is 18.6 Å². The van der Waals surface area contributed by atoms with E-state index in [0.717, 1.165) is 23.3 Å². The lowest BCUT2D eigenvalue weighted by Crippen LogP contribution is -2.20. The van der Waals surface area contributed by atoms with Gasteiger partial charge in [0.15, 0.2) is 0 Å². The zero-order valence-electron chi connectivity index (χ0n) is 10.7. The van der Waals surface area contributed by atoms with E-state index in [2.05, 4.69) is 5.32 Å².